The van der Waals surface area contributed by atoms with Crippen molar-refractivity contribution in [1.29, 1.82) is 0 Å². The lowest BCUT2D eigenvalue weighted by molar-refractivity contribution is 0.0692. The number of hydrogen-bond donors (Lipinski definition) is 4. The predicted molar refractivity (Wildman–Crippen MR) is 71.9 cm³/mol. The largest absolute Gasteiger partial charge is 0.478 e. The number of H-pyrrole nitrogens is 1. The Morgan fingerprint density at radius 3 is 2.65 bits per heavy atom. The van der Waals surface area contributed by atoms with Gasteiger partial charge in [0, 0.05) is 17.4 Å². The molecule has 1 aromatic carbocycles. The molecule has 0 saturated heterocycles. The van der Waals surface area contributed by atoms with Crippen LogP contribution in [0, 0.1) is 6.92 Å². The van der Waals surface area contributed by atoms with Gasteiger partial charge in [0.1, 0.15) is 4.90 Å². The van der Waals surface area contributed by atoms with Gasteiger partial charge in [-0.1, -0.05) is 0 Å². The fraction of sp³-hybridized carbons (Fsp3) is 0.0909. The minimum absolute atomic E-state index is 0.0706. The van der Waals surface area contributed by atoms with E-state index in [1.165, 1.54) is 12.1 Å². The highest BCUT2D eigenvalue weighted by Gasteiger charge is 2.23. The number of nitrogens with one attached hydrogen (secondary N) is 2. The molecular formula is C11H12N4O4S. The Hall–Kier alpha value is -2.55. The van der Waals surface area contributed by atoms with Gasteiger partial charge in [-0.25, -0.2) is 13.2 Å². The number of aromatic amines is 1. The van der Waals surface area contributed by atoms with Crippen LogP contribution in [-0.2, 0) is 10.0 Å². The molecule has 5 N–H and O–H groups in total. The van der Waals surface area contributed by atoms with E-state index in [0.29, 0.717) is 5.69 Å². The second kappa shape index (κ2) is 4.85. The molecule has 0 aliphatic carbocycles. The third-order valence-corrected chi connectivity index (χ3v) is 3.87. The van der Waals surface area contributed by atoms with Gasteiger partial charge in [0.05, 0.1) is 5.56 Å². The quantitative estimate of drug-likeness (QED) is 0.615. The van der Waals surface area contributed by atoms with E-state index in [-0.39, 0.29) is 17.1 Å². The van der Waals surface area contributed by atoms with Gasteiger partial charge in [-0.2, -0.15) is 5.10 Å². The molecule has 0 spiro atoms. The van der Waals surface area contributed by atoms with Crippen LogP contribution >= 0.6 is 0 Å². The van der Waals surface area contributed by atoms with Crippen LogP contribution in [0.3, 0.4) is 0 Å². The fourth-order valence-corrected chi connectivity index (χ4v) is 2.83. The van der Waals surface area contributed by atoms with Crippen molar-refractivity contribution in [3.63, 3.8) is 0 Å². The Kier molecular flexibility index (Phi) is 3.36. The van der Waals surface area contributed by atoms with Crippen LogP contribution in [0.25, 0.3) is 0 Å². The van der Waals surface area contributed by atoms with E-state index in [9.17, 15) is 13.2 Å². The summed E-state index contributed by atoms with van der Waals surface area (Å²) in [4.78, 5) is 10.7. The average Bonchev–Trinajstić information content (AvgIpc) is 2.73. The van der Waals surface area contributed by atoms with Crippen molar-refractivity contribution >= 4 is 27.5 Å². The lowest BCUT2D eigenvalue weighted by Gasteiger charge is -2.09. The van der Waals surface area contributed by atoms with Crippen molar-refractivity contribution in [2.75, 3.05) is 10.5 Å². The zero-order valence-electron chi connectivity index (χ0n) is 10.4. The Morgan fingerprint density at radius 1 is 1.40 bits per heavy atom. The summed E-state index contributed by atoms with van der Waals surface area (Å²) in [6, 6.07) is 5.03. The number of aryl methyl sites for hydroxylation is 1. The van der Waals surface area contributed by atoms with Gasteiger partial charge < -0.3 is 10.8 Å². The summed E-state index contributed by atoms with van der Waals surface area (Å²) in [5, 5.41) is 15.3. The number of nitrogens with two attached hydrogens (primary N) is 1. The van der Waals surface area contributed by atoms with Gasteiger partial charge >= 0.3 is 5.97 Å². The zero-order chi connectivity index (χ0) is 14.9. The first-order valence-electron chi connectivity index (χ1n) is 5.47. The van der Waals surface area contributed by atoms with Crippen molar-refractivity contribution in [2.45, 2.75) is 11.8 Å². The molecule has 0 saturated carbocycles. The summed E-state index contributed by atoms with van der Waals surface area (Å²) in [7, 11) is -4.09. The van der Waals surface area contributed by atoms with E-state index < -0.39 is 20.9 Å². The molecular weight excluding hydrogens is 284 g/mol. The number of rotatable bonds is 4. The zero-order valence-corrected chi connectivity index (χ0v) is 11.2. The number of carboxylic acids is 1. The van der Waals surface area contributed by atoms with E-state index in [2.05, 4.69) is 14.9 Å². The van der Waals surface area contributed by atoms with Crippen LogP contribution in [0.5, 0.6) is 0 Å². The van der Waals surface area contributed by atoms with Gasteiger partial charge in [0.25, 0.3) is 10.0 Å². The van der Waals surface area contributed by atoms with Crippen LogP contribution < -0.4 is 10.5 Å². The first-order valence-corrected chi connectivity index (χ1v) is 6.95. The summed E-state index contributed by atoms with van der Waals surface area (Å²) < 4.78 is 26.6. The van der Waals surface area contributed by atoms with Gasteiger partial charge in [-0.15, -0.1) is 0 Å². The van der Waals surface area contributed by atoms with E-state index in [0.717, 1.165) is 12.1 Å². The van der Waals surface area contributed by atoms with Crippen LogP contribution in [0.4, 0.5) is 11.5 Å². The Labute approximate surface area is 114 Å². The molecule has 0 amide bonds. The topological polar surface area (TPSA) is 138 Å². The fourth-order valence-electron chi connectivity index (χ4n) is 1.60. The molecule has 1 aromatic heterocycles. The standard InChI is InChI=1S/C11H12N4O4S/c1-6-4-10(14-13-6)15-20(18,19)9-5-7(12)2-3-8(9)11(16)17/h2-5H,12H2,1H3,(H,16,17)(H2,13,14,15). The van der Waals surface area contributed by atoms with Crippen LogP contribution in [0.15, 0.2) is 29.2 Å². The second-order valence-corrected chi connectivity index (χ2v) is 5.75. The van der Waals surface area contributed by atoms with E-state index >= 15 is 0 Å². The molecule has 8 nitrogen and oxygen atoms in total. The summed E-state index contributed by atoms with van der Waals surface area (Å²) in [6.07, 6.45) is 0. The van der Waals surface area contributed by atoms with Crippen molar-refractivity contribution in [1.82, 2.24) is 10.2 Å². The molecule has 0 atom stereocenters. The number of nitrogen functional groups attached to an aromatic ring is 1. The smallest absolute Gasteiger partial charge is 0.337 e. The summed E-state index contributed by atoms with van der Waals surface area (Å²) >= 11 is 0. The maximum Gasteiger partial charge on any atom is 0.337 e. The lowest BCUT2D eigenvalue weighted by atomic mass is 10.2. The Morgan fingerprint density at radius 2 is 2.10 bits per heavy atom. The van der Waals surface area contributed by atoms with Crippen LogP contribution in [0.1, 0.15) is 16.1 Å². The van der Waals surface area contributed by atoms with Crippen molar-refractivity contribution in [2.24, 2.45) is 0 Å². The van der Waals surface area contributed by atoms with Gasteiger partial charge in [-0.3, -0.25) is 9.82 Å². The van der Waals surface area contributed by atoms with Crippen molar-refractivity contribution in [3.05, 3.63) is 35.5 Å². The first-order chi connectivity index (χ1) is 9.29. The summed E-state index contributed by atoms with van der Waals surface area (Å²) in [5.41, 5.74) is 5.96. The van der Waals surface area contributed by atoms with E-state index in [4.69, 9.17) is 10.8 Å². The molecule has 1 heterocycles. The minimum atomic E-state index is -4.09. The normalized spacial score (nSPS) is 11.2. The maximum atomic E-state index is 12.2. The molecule has 106 valence electrons. The van der Waals surface area contributed by atoms with Gasteiger partial charge in [-0.05, 0) is 25.1 Å². The van der Waals surface area contributed by atoms with Crippen LogP contribution in [0.2, 0.25) is 0 Å². The number of hydrogen-bond acceptors (Lipinski definition) is 5. The minimum Gasteiger partial charge on any atom is -0.478 e. The van der Waals surface area contributed by atoms with Crippen molar-refractivity contribution < 1.29 is 18.3 Å². The molecule has 9 heteroatoms. The van der Waals surface area contributed by atoms with Gasteiger partial charge in [0.2, 0.25) is 0 Å². The SMILES string of the molecule is Cc1cc(NS(=O)(=O)c2cc(N)ccc2C(=O)O)n[nH]1. The Bertz CT molecular complexity index is 766. The highest BCUT2D eigenvalue weighted by atomic mass is 32.2. The van der Waals surface area contributed by atoms with E-state index in [1.807, 2.05) is 0 Å². The highest BCUT2D eigenvalue weighted by Crippen LogP contribution is 2.21. The predicted octanol–water partition coefficient (Wildman–Crippen LogP) is 0.799. The molecule has 0 unspecified atom stereocenters. The number of carbonyl (C=O) groups is 1. The molecule has 0 aliphatic rings. The number of anilines is 2. The Balaban J connectivity index is 2.48. The van der Waals surface area contributed by atoms with Crippen LogP contribution in [-0.4, -0.2) is 29.7 Å². The second-order valence-electron chi connectivity index (χ2n) is 4.10. The number of benzene rings is 1. The molecule has 0 fully saturated rings. The lowest BCUT2D eigenvalue weighted by Crippen LogP contribution is -2.17. The highest BCUT2D eigenvalue weighted by molar-refractivity contribution is 7.92. The first kappa shape index (κ1) is 13.9. The number of sulfonamides is 1. The molecule has 0 bridgehead atoms. The molecule has 0 radical (unpaired) electrons. The maximum absolute atomic E-state index is 12.2. The average molecular weight is 296 g/mol. The number of aromatic carboxylic acids is 1. The molecule has 2 rings (SSSR count). The molecule has 0 aliphatic heterocycles. The van der Waals surface area contributed by atoms with E-state index in [1.54, 1.807) is 6.92 Å². The molecule has 20 heavy (non-hydrogen) atoms. The van der Waals surface area contributed by atoms with Gasteiger partial charge in [0.15, 0.2) is 5.82 Å². The molecule has 2 aromatic rings. The summed E-state index contributed by atoms with van der Waals surface area (Å²) in [5.74, 6) is -1.29. The number of aromatic nitrogens is 2. The number of nitrogens with zero attached hydrogens (tertiary/aromatic N) is 1. The van der Waals surface area contributed by atoms with Crippen molar-refractivity contribution in [3.8, 4) is 0 Å². The number of carboxylic acid groups (broad SMARTS) is 1. The third kappa shape index (κ3) is 2.72. The third-order valence-electron chi connectivity index (χ3n) is 2.47. The summed E-state index contributed by atoms with van der Waals surface area (Å²) in [6.45, 7) is 1.70. The monoisotopic (exact) mass is 296 g/mol.